The molecule has 3 rings (SSSR count). The van der Waals surface area contributed by atoms with Gasteiger partial charge in [-0.1, -0.05) is 30.3 Å². The molecule has 1 fully saturated rings. The number of nitrogens with one attached hydrogen (secondary N) is 1. The summed E-state index contributed by atoms with van der Waals surface area (Å²) in [5.41, 5.74) is 1.61. The molecule has 0 radical (unpaired) electrons. The molecule has 4 heteroatoms. The topological polar surface area (TPSA) is 47.6 Å². The van der Waals surface area contributed by atoms with Crippen molar-refractivity contribution in [2.24, 2.45) is 0 Å². The summed E-state index contributed by atoms with van der Waals surface area (Å²) in [6.45, 7) is 6.47. The number of rotatable bonds is 2. The van der Waals surface area contributed by atoms with E-state index < -0.39 is 5.60 Å². The molecule has 2 aliphatic rings. The SMILES string of the molecule is CC(C)(C)OC(=O)N[C@@H]1CC[C@]2(C=C1c1ccccc1)CCCCO2. The smallest absolute Gasteiger partial charge is 0.408 e. The molecule has 0 bridgehead atoms. The molecular formula is C21H29NO3. The first-order chi connectivity index (χ1) is 11.9. The minimum atomic E-state index is -0.497. The summed E-state index contributed by atoms with van der Waals surface area (Å²) in [6, 6.07) is 10.2. The monoisotopic (exact) mass is 343 g/mol. The van der Waals surface area contributed by atoms with Crippen LogP contribution in [-0.2, 0) is 9.47 Å². The molecule has 0 aromatic heterocycles. The van der Waals surface area contributed by atoms with Crippen molar-refractivity contribution >= 4 is 11.7 Å². The third kappa shape index (κ3) is 4.63. The van der Waals surface area contributed by atoms with Crippen LogP contribution in [-0.4, -0.2) is 29.9 Å². The van der Waals surface area contributed by atoms with E-state index in [2.05, 4.69) is 23.5 Å². The van der Waals surface area contributed by atoms with Crippen molar-refractivity contribution in [2.45, 2.75) is 70.1 Å². The first-order valence-corrected chi connectivity index (χ1v) is 9.29. The summed E-state index contributed by atoms with van der Waals surface area (Å²) in [5, 5.41) is 3.06. The summed E-state index contributed by atoms with van der Waals surface area (Å²) in [7, 11) is 0. The van der Waals surface area contributed by atoms with Gasteiger partial charge in [0.15, 0.2) is 0 Å². The fourth-order valence-corrected chi connectivity index (χ4v) is 3.70. The molecule has 4 nitrogen and oxygen atoms in total. The molecular weight excluding hydrogens is 314 g/mol. The van der Waals surface area contributed by atoms with Gasteiger partial charge in [0.1, 0.15) is 5.60 Å². The maximum atomic E-state index is 12.3. The number of carbonyl (C=O) groups excluding carboxylic acids is 1. The molecule has 25 heavy (non-hydrogen) atoms. The van der Waals surface area contributed by atoms with E-state index in [4.69, 9.17) is 9.47 Å². The predicted octanol–water partition coefficient (Wildman–Crippen LogP) is 4.70. The van der Waals surface area contributed by atoms with Crippen molar-refractivity contribution in [3.05, 3.63) is 42.0 Å². The summed E-state index contributed by atoms with van der Waals surface area (Å²) in [4.78, 5) is 12.3. The van der Waals surface area contributed by atoms with Crippen LogP contribution in [0.2, 0.25) is 0 Å². The highest BCUT2D eigenvalue weighted by Crippen LogP contribution is 2.40. The summed E-state index contributed by atoms with van der Waals surface area (Å²) in [6.07, 6.45) is 7.08. The molecule has 0 unspecified atom stereocenters. The summed E-state index contributed by atoms with van der Waals surface area (Å²) < 4.78 is 11.6. The Balaban J connectivity index is 1.85. The van der Waals surface area contributed by atoms with Crippen LogP contribution in [0.1, 0.15) is 58.4 Å². The molecule has 1 saturated heterocycles. The number of alkyl carbamates (subject to hydrolysis) is 1. The van der Waals surface area contributed by atoms with Gasteiger partial charge in [-0.25, -0.2) is 4.79 Å². The third-order valence-corrected chi connectivity index (χ3v) is 4.83. The first-order valence-electron chi connectivity index (χ1n) is 9.29. The fraction of sp³-hybridized carbons (Fsp3) is 0.571. The molecule has 2 atom stereocenters. The Hall–Kier alpha value is -1.81. The summed E-state index contributed by atoms with van der Waals surface area (Å²) >= 11 is 0. The lowest BCUT2D eigenvalue weighted by atomic mass is 9.77. The highest BCUT2D eigenvalue weighted by molar-refractivity contribution is 5.77. The summed E-state index contributed by atoms with van der Waals surface area (Å²) in [5.74, 6) is 0. The average molecular weight is 343 g/mol. The van der Waals surface area contributed by atoms with Gasteiger partial charge in [-0.15, -0.1) is 0 Å². The number of benzene rings is 1. The Morgan fingerprint density at radius 1 is 1.20 bits per heavy atom. The van der Waals surface area contributed by atoms with Gasteiger partial charge in [0.2, 0.25) is 0 Å². The number of hydrogen-bond acceptors (Lipinski definition) is 3. The Morgan fingerprint density at radius 3 is 2.60 bits per heavy atom. The van der Waals surface area contributed by atoms with Gasteiger partial charge in [0.05, 0.1) is 11.6 Å². The van der Waals surface area contributed by atoms with Crippen molar-refractivity contribution in [3.8, 4) is 0 Å². The van der Waals surface area contributed by atoms with Gasteiger partial charge in [-0.2, -0.15) is 0 Å². The van der Waals surface area contributed by atoms with E-state index in [1.54, 1.807) is 0 Å². The second-order valence-electron chi connectivity index (χ2n) is 8.07. The second-order valence-corrected chi connectivity index (χ2v) is 8.07. The average Bonchev–Trinajstić information content (AvgIpc) is 2.57. The maximum Gasteiger partial charge on any atom is 0.408 e. The third-order valence-electron chi connectivity index (χ3n) is 4.83. The fourth-order valence-electron chi connectivity index (χ4n) is 3.70. The van der Waals surface area contributed by atoms with Crippen molar-refractivity contribution in [2.75, 3.05) is 6.61 Å². The van der Waals surface area contributed by atoms with E-state index >= 15 is 0 Å². The van der Waals surface area contributed by atoms with Crippen LogP contribution in [0.25, 0.3) is 5.57 Å². The second kappa shape index (κ2) is 7.20. The van der Waals surface area contributed by atoms with Gasteiger partial charge >= 0.3 is 6.09 Å². The molecule has 1 heterocycles. The zero-order valence-electron chi connectivity index (χ0n) is 15.5. The number of hydrogen-bond donors (Lipinski definition) is 1. The minimum Gasteiger partial charge on any atom is -0.444 e. The lowest BCUT2D eigenvalue weighted by Crippen LogP contribution is -2.45. The van der Waals surface area contributed by atoms with Crippen LogP contribution >= 0.6 is 0 Å². The van der Waals surface area contributed by atoms with E-state index in [-0.39, 0.29) is 17.7 Å². The maximum absolute atomic E-state index is 12.3. The Morgan fingerprint density at radius 2 is 1.96 bits per heavy atom. The zero-order chi connectivity index (χ0) is 17.9. The molecule has 0 saturated carbocycles. The lowest BCUT2D eigenvalue weighted by Gasteiger charge is -2.41. The largest absolute Gasteiger partial charge is 0.444 e. The van der Waals surface area contributed by atoms with Crippen molar-refractivity contribution in [3.63, 3.8) is 0 Å². The highest BCUT2D eigenvalue weighted by atomic mass is 16.6. The van der Waals surface area contributed by atoms with Crippen molar-refractivity contribution in [1.29, 1.82) is 0 Å². The van der Waals surface area contributed by atoms with Crippen LogP contribution in [0, 0.1) is 0 Å². The lowest BCUT2D eigenvalue weighted by molar-refractivity contribution is -0.0526. The van der Waals surface area contributed by atoms with E-state index in [0.29, 0.717) is 0 Å². The Bertz CT molecular complexity index is 624. The van der Waals surface area contributed by atoms with E-state index in [9.17, 15) is 4.79 Å². The van der Waals surface area contributed by atoms with Gasteiger partial charge in [0.25, 0.3) is 0 Å². The Labute approximate surface area is 150 Å². The van der Waals surface area contributed by atoms with Crippen LogP contribution in [0.3, 0.4) is 0 Å². The van der Waals surface area contributed by atoms with Gasteiger partial charge < -0.3 is 14.8 Å². The number of amides is 1. The Kier molecular flexibility index (Phi) is 5.19. The van der Waals surface area contributed by atoms with Crippen LogP contribution in [0.4, 0.5) is 4.79 Å². The minimum absolute atomic E-state index is 0.0478. The quantitative estimate of drug-likeness (QED) is 0.847. The first kappa shape index (κ1) is 18.0. The molecule has 136 valence electrons. The van der Waals surface area contributed by atoms with Crippen LogP contribution in [0.5, 0.6) is 0 Å². The molecule has 1 spiro atoms. The zero-order valence-corrected chi connectivity index (χ0v) is 15.5. The molecule has 1 aromatic carbocycles. The van der Waals surface area contributed by atoms with Gasteiger partial charge in [-0.3, -0.25) is 0 Å². The van der Waals surface area contributed by atoms with Gasteiger partial charge in [0, 0.05) is 6.61 Å². The molecule has 1 amide bonds. The molecule has 1 aliphatic heterocycles. The molecule has 1 aromatic rings. The normalized spacial score (nSPS) is 26.8. The van der Waals surface area contributed by atoms with E-state index in [1.807, 2.05) is 39.0 Å². The highest BCUT2D eigenvalue weighted by Gasteiger charge is 2.38. The van der Waals surface area contributed by atoms with E-state index in [1.165, 1.54) is 6.42 Å². The number of carbonyl (C=O) groups is 1. The van der Waals surface area contributed by atoms with Crippen LogP contribution in [0.15, 0.2) is 36.4 Å². The van der Waals surface area contributed by atoms with Crippen molar-refractivity contribution in [1.82, 2.24) is 5.32 Å². The number of ether oxygens (including phenoxy) is 2. The predicted molar refractivity (Wildman–Crippen MR) is 99.3 cm³/mol. The van der Waals surface area contributed by atoms with Gasteiger partial charge in [-0.05, 0) is 70.1 Å². The van der Waals surface area contributed by atoms with Crippen molar-refractivity contribution < 1.29 is 14.3 Å². The molecule has 1 N–H and O–H groups in total. The molecule has 1 aliphatic carbocycles. The van der Waals surface area contributed by atoms with Crippen LogP contribution < -0.4 is 5.32 Å². The standard InChI is InChI=1S/C21H29NO3/c1-20(2,3)25-19(23)22-18-11-13-21(12-7-8-14-24-21)15-17(18)16-9-5-4-6-10-16/h4-6,9-10,15,18H,7-8,11-14H2,1-3H3,(H,22,23)/t18-,21+/m1/s1. The van der Waals surface area contributed by atoms with E-state index in [0.717, 1.165) is 43.4 Å².